The van der Waals surface area contributed by atoms with Crippen LogP contribution in [0.5, 0.6) is 0 Å². The topological polar surface area (TPSA) is 32.3 Å². The number of Topliss-reactive ketones (excluding diaryl/α,β-unsaturated/α-hetero) is 1. The van der Waals surface area contributed by atoms with Crippen molar-refractivity contribution in [1.29, 1.82) is 0 Å². The lowest BCUT2D eigenvalue weighted by Crippen LogP contribution is -2.43. The number of allylic oxidation sites excluding steroid dienone is 4. The second-order valence-corrected chi connectivity index (χ2v) is 7.09. The Morgan fingerprint density at radius 1 is 1.08 bits per heavy atom. The number of fused-ring (bicyclic) bond motifs is 1. The van der Waals surface area contributed by atoms with Crippen LogP contribution in [0, 0.1) is 12.8 Å². The fourth-order valence-corrected chi connectivity index (χ4v) is 3.88. The summed E-state index contributed by atoms with van der Waals surface area (Å²) in [5, 5.41) is 3.94. The van der Waals surface area contributed by atoms with Gasteiger partial charge in [0, 0.05) is 17.8 Å². The second kappa shape index (κ2) is 6.89. The molecule has 0 spiro atoms. The van der Waals surface area contributed by atoms with Gasteiger partial charge < -0.3 is 10.2 Å². The van der Waals surface area contributed by atoms with Crippen molar-refractivity contribution in [3.8, 4) is 0 Å². The van der Waals surface area contributed by atoms with Gasteiger partial charge in [0.15, 0.2) is 5.11 Å². The number of ketones is 1. The number of hydrogen-bond acceptors (Lipinski definition) is 2. The quantitative estimate of drug-likeness (QED) is 0.782. The average molecular weight is 360 g/mol. The lowest BCUT2D eigenvalue weighted by atomic mass is 9.91. The molecular weight excluding hydrogens is 340 g/mol. The normalized spacial score (nSPS) is 18.7. The van der Waals surface area contributed by atoms with Gasteiger partial charge in [0.25, 0.3) is 0 Å². The van der Waals surface area contributed by atoms with Crippen LogP contribution in [0.1, 0.15) is 23.6 Å². The Morgan fingerprint density at radius 3 is 2.50 bits per heavy atom. The zero-order valence-electron chi connectivity index (χ0n) is 14.6. The molecule has 0 saturated heterocycles. The van der Waals surface area contributed by atoms with Crippen molar-refractivity contribution >= 4 is 34.5 Å². The van der Waals surface area contributed by atoms with Gasteiger partial charge in [0.1, 0.15) is 5.78 Å². The molecule has 4 rings (SSSR count). The Kier molecular flexibility index (Phi) is 4.43. The lowest BCUT2D eigenvalue weighted by molar-refractivity contribution is -0.120. The number of para-hydroxylation sites is 1. The van der Waals surface area contributed by atoms with Crippen LogP contribution in [-0.4, -0.2) is 10.9 Å². The standard InChI is InChI=1S/C22H20N2OS/c1-15-10-12-17(13-11-15)24-20(14-21(25)16-6-2-3-7-16)18-8-4-5-9-19(18)23-22(24)26/h2-13,16,20H,14H2,1H3,(H,23,26). The summed E-state index contributed by atoms with van der Waals surface area (Å²) in [5.74, 6) is 0.0714. The minimum absolute atomic E-state index is 0.113. The van der Waals surface area contributed by atoms with Crippen LogP contribution in [-0.2, 0) is 4.79 Å². The summed E-state index contributed by atoms with van der Waals surface area (Å²) in [6.07, 6.45) is 8.17. The highest BCUT2D eigenvalue weighted by Gasteiger charge is 2.33. The number of aryl methyl sites for hydroxylation is 1. The smallest absolute Gasteiger partial charge is 0.178 e. The van der Waals surface area contributed by atoms with Gasteiger partial charge in [-0.25, -0.2) is 0 Å². The minimum atomic E-state index is -0.134. The zero-order chi connectivity index (χ0) is 18.1. The Hall–Kier alpha value is -2.72. The lowest BCUT2D eigenvalue weighted by Gasteiger charge is -2.39. The maximum atomic E-state index is 12.9. The number of rotatable bonds is 4. The molecule has 0 radical (unpaired) electrons. The van der Waals surface area contributed by atoms with Crippen LogP contribution < -0.4 is 10.2 Å². The molecule has 26 heavy (non-hydrogen) atoms. The number of carbonyl (C=O) groups excluding carboxylic acids is 1. The predicted octanol–water partition coefficient (Wildman–Crippen LogP) is 4.95. The molecule has 130 valence electrons. The highest BCUT2D eigenvalue weighted by molar-refractivity contribution is 7.80. The molecule has 4 heteroatoms. The number of nitrogens with one attached hydrogen (secondary N) is 1. The predicted molar refractivity (Wildman–Crippen MR) is 110 cm³/mol. The van der Waals surface area contributed by atoms with Crippen molar-refractivity contribution in [3.05, 3.63) is 84.0 Å². The first-order valence-electron chi connectivity index (χ1n) is 8.77. The second-order valence-electron chi connectivity index (χ2n) is 6.70. The van der Waals surface area contributed by atoms with Gasteiger partial charge in [-0.3, -0.25) is 4.79 Å². The minimum Gasteiger partial charge on any atom is -0.332 e. The maximum absolute atomic E-state index is 12.9. The van der Waals surface area contributed by atoms with E-state index in [-0.39, 0.29) is 17.7 Å². The number of nitrogens with zero attached hydrogens (tertiary/aromatic N) is 1. The van der Waals surface area contributed by atoms with Crippen molar-refractivity contribution in [3.63, 3.8) is 0 Å². The van der Waals surface area contributed by atoms with Crippen LogP contribution in [0.2, 0.25) is 0 Å². The van der Waals surface area contributed by atoms with Gasteiger partial charge >= 0.3 is 0 Å². The van der Waals surface area contributed by atoms with Gasteiger partial charge in [-0.05, 0) is 42.9 Å². The fraction of sp³-hybridized carbons (Fsp3) is 0.182. The summed E-state index contributed by atoms with van der Waals surface area (Å²) >= 11 is 5.66. The van der Waals surface area contributed by atoms with Gasteiger partial charge in [0.05, 0.1) is 12.0 Å². The van der Waals surface area contributed by atoms with Crippen molar-refractivity contribution in [2.75, 3.05) is 10.2 Å². The molecular formula is C22H20N2OS. The molecule has 1 aliphatic heterocycles. The number of thiocarbonyl (C=S) groups is 1. The van der Waals surface area contributed by atoms with Crippen molar-refractivity contribution < 1.29 is 4.79 Å². The Bertz CT molecular complexity index is 902. The van der Waals surface area contributed by atoms with E-state index in [0.717, 1.165) is 16.9 Å². The molecule has 2 aliphatic rings. The third-order valence-corrected chi connectivity index (χ3v) is 5.22. The first kappa shape index (κ1) is 16.7. The van der Waals surface area contributed by atoms with E-state index in [4.69, 9.17) is 12.2 Å². The summed E-state index contributed by atoms with van der Waals surface area (Å²) in [5.41, 5.74) is 4.27. The summed E-state index contributed by atoms with van der Waals surface area (Å²) in [6, 6.07) is 16.2. The fourth-order valence-electron chi connectivity index (χ4n) is 3.53. The van der Waals surface area contributed by atoms with E-state index in [9.17, 15) is 4.79 Å². The first-order valence-corrected chi connectivity index (χ1v) is 9.18. The molecule has 2 aromatic carbocycles. The maximum Gasteiger partial charge on any atom is 0.178 e. The Labute approximate surface area is 159 Å². The molecule has 1 N–H and O–H groups in total. The molecule has 2 aromatic rings. The Balaban J connectivity index is 1.74. The molecule has 0 fully saturated rings. The average Bonchev–Trinajstić information content (AvgIpc) is 3.18. The monoisotopic (exact) mass is 360 g/mol. The molecule has 0 amide bonds. The molecule has 0 saturated carbocycles. The van der Waals surface area contributed by atoms with Crippen molar-refractivity contribution in [2.24, 2.45) is 5.92 Å². The van der Waals surface area contributed by atoms with E-state index < -0.39 is 0 Å². The van der Waals surface area contributed by atoms with Crippen LogP contribution in [0.15, 0.2) is 72.8 Å². The highest BCUT2D eigenvalue weighted by Crippen LogP contribution is 2.39. The number of anilines is 2. The van der Waals surface area contributed by atoms with Crippen LogP contribution >= 0.6 is 12.2 Å². The van der Waals surface area contributed by atoms with E-state index in [1.54, 1.807) is 0 Å². The van der Waals surface area contributed by atoms with Gasteiger partial charge in [-0.15, -0.1) is 0 Å². The van der Waals surface area contributed by atoms with Crippen LogP contribution in [0.4, 0.5) is 11.4 Å². The Morgan fingerprint density at radius 2 is 1.77 bits per heavy atom. The van der Waals surface area contributed by atoms with Crippen LogP contribution in [0.25, 0.3) is 0 Å². The number of carbonyl (C=O) groups is 1. The SMILES string of the molecule is Cc1ccc(N2C(=S)Nc3ccccc3C2CC(=O)C2C=CC=C2)cc1. The van der Waals surface area contributed by atoms with Crippen molar-refractivity contribution in [1.82, 2.24) is 0 Å². The van der Waals surface area contributed by atoms with Crippen LogP contribution in [0.3, 0.4) is 0 Å². The third kappa shape index (κ3) is 3.08. The van der Waals surface area contributed by atoms with E-state index in [1.807, 2.05) is 42.5 Å². The molecule has 1 unspecified atom stereocenters. The highest BCUT2D eigenvalue weighted by atomic mass is 32.1. The third-order valence-electron chi connectivity index (χ3n) is 4.92. The number of hydrogen-bond donors (Lipinski definition) is 1. The van der Waals surface area contributed by atoms with E-state index in [2.05, 4.69) is 47.5 Å². The zero-order valence-corrected chi connectivity index (χ0v) is 15.4. The van der Waals surface area contributed by atoms with Gasteiger partial charge in [-0.2, -0.15) is 0 Å². The largest absolute Gasteiger partial charge is 0.332 e. The number of benzene rings is 2. The van der Waals surface area contributed by atoms with Gasteiger partial charge in [0.2, 0.25) is 0 Å². The summed E-state index contributed by atoms with van der Waals surface area (Å²) in [7, 11) is 0. The molecule has 1 aliphatic carbocycles. The molecule has 0 bridgehead atoms. The van der Waals surface area contributed by atoms with E-state index in [0.29, 0.717) is 11.5 Å². The summed E-state index contributed by atoms with van der Waals surface area (Å²) in [6.45, 7) is 2.06. The molecule has 1 atom stereocenters. The summed E-state index contributed by atoms with van der Waals surface area (Å²) < 4.78 is 0. The molecule has 0 aromatic heterocycles. The van der Waals surface area contributed by atoms with E-state index in [1.165, 1.54) is 5.56 Å². The van der Waals surface area contributed by atoms with Gasteiger partial charge in [-0.1, -0.05) is 60.2 Å². The molecule has 3 nitrogen and oxygen atoms in total. The first-order chi connectivity index (χ1) is 12.6. The van der Waals surface area contributed by atoms with E-state index >= 15 is 0 Å². The summed E-state index contributed by atoms with van der Waals surface area (Å²) in [4.78, 5) is 14.9. The van der Waals surface area contributed by atoms with Crippen molar-refractivity contribution in [2.45, 2.75) is 19.4 Å². The molecule has 1 heterocycles.